The highest BCUT2D eigenvalue weighted by Gasteiger charge is 2.23. The van der Waals surface area contributed by atoms with E-state index >= 15 is 0 Å². The van der Waals surface area contributed by atoms with Gasteiger partial charge in [-0.1, -0.05) is 5.21 Å². The van der Waals surface area contributed by atoms with Gasteiger partial charge in [-0.25, -0.2) is 4.68 Å². The molecule has 1 saturated heterocycles. The maximum absolute atomic E-state index is 12.6. The number of aryl methyl sites for hydroxylation is 1. The number of piperidine rings is 1. The lowest BCUT2D eigenvalue weighted by atomic mass is 10.1. The topological polar surface area (TPSA) is 81.1 Å². The van der Waals surface area contributed by atoms with Crippen molar-refractivity contribution in [1.29, 1.82) is 0 Å². The summed E-state index contributed by atoms with van der Waals surface area (Å²) in [4.78, 5) is 12.6. The third-order valence-electron chi connectivity index (χ3n) is 4.55. The summed E-state index contributed by atoms with van der Waals surface area (Å²) in [6.45, 7) is 8.34. The number of benzene rings is 1. The number of hydrogen-bond acceptors (Lipinski definition) is 5. The zero-order chi connectivity index (χ0) is 17.8. The van der Waals surface area contributed by atoms with Gasteiger partial charge in [0, 0.05) is 5.69 Å². The molecular formula is C18H25N5O2. The quantitative estimate of drug-likeness (QED) is 0.872. The SMILES string of the molecule is CCOc1ccc(NC(=O)c2nnn(C3CCNCC3)c2C)c(C)c1. The molecule has 7 nitrogen and oxygen atoms in total. The van der Waals surface area contributed by atoms with Crippen LogP contribution in [0.2, 0.25) is 0 Å². The van der Waals surface area contributed by atoms with Crippen LogP contribution in [0.4, 0.5) is 5.69 Å². The first-order valence-electron chi connectivity index (χ1n) is 8.77. The van der Waals surface area contributed by atoms with Gasteiger partial charge in [0.1, 0.15) is 5.75 Å². The number of nitrogens with one attached hydrogen (secondary N) is 2. The summed E-state index contributed by atoms with van der Waals surface area (Å²) in [6, 6.07) is 5.93. The predicted molar refractivity (Wildman–Crippen MR) is 96.2 cm³/mol. The number of rotatable bonds is 5. The molecule has 1 fully saturated rings. The fourth-order valence-corrected chi connectivity index (χ4v) is 3.16. The van der Waals surface area contributed by atoms with Crippen LogP contribution in [-0.2, 0) is 0 Å². The smallest absolute Gasteiger partial charge is 0.278 e. The molecule has 0 saturated carbocycles. The number of hydrogen-bond donors (Lipinski definition) is 2. The van der Waals surface area contributed by atoms with Crippen LogP contribution in [0, 0.1) is 13.8 Å². The molecule has 1 amide bonds. The summed E-state index contributed by atoms with van der Waals surface area (Å²) in [5.74, 6) is 0.566. The minimum atomic E-state index is -0.232. The highest BCUT2D eigenvalue weighted by molar-refractivity contribution is 6.03. The zero-order valence-electron chi connectivity index (χ0n) is 15.0. The third kappa shape index (κ3) is 3.82. The van der Waals surface area contributed by atoms with Crippen molar-refractivity contribution in [3.8, 4) is 5.75 Å². The monoisotopic (exact) mass is 343 g/mol. The van der Waals surface area contributed by atoms with E-state index in [4.69, 9.17) is 4.74 Å². The minimum Gasteiger partial charge on any atom is -0.494 e. The van der Waals surface area contributed by atoms with Gasteiger partial charge in [0.15, 0.2) is 5.69 Å². The van der Waals surface area contributed by atoms with Gasteiger partial charge in [0.2, 0.25) is 0 Å². The molecule has 2 aromatic rings. The van der Waals surface area contributed by atoms with Gasteiger partial charge in [-0.05, 0) is 70.5 Å². The van der Waals surface area contributed by atoms with E-state index in [2.05, 4.69) is 20.9 Å². The molecule has 3 rings (SSSR count). The van der Waals surface area contributed by atoms with E-state index < -0.39 is 0 Å². The van der Waals surface area contributed by atoms with Crippen LogP contribution >= 0.6 is 0 Å². The third-order valence-corrected chi connectivity index (χ3v) is 4.55. The van der Waals surface area contributed by atoms with Gasteiger partial charge in [0.05, 0.1) is 18.3 Å². The molecule has 2 N–H and O–H groups in total. The van der Waals surface area contributed by atoms with Crippen LogP contribution in [0.3, 0.4) is 0 Å². The fraction of sp³-hybridized carbons (Fsp3) is 0.500. The fourth-order valence-electron chi connectivity index (χ4n) is 3.16. The molecule has 0 unspecified atom stereocenters. The molecular weight excluding hydrogens is 318 g/mol. The van der Waals surface area contributed by atoms with Crippen molar-refractivity contribution in [2.24, 2.45) is 0 Å². The van der Waals surface area contributed by atoms with Crippen molar-refractivity contribution < 1.29 is 9.53 Å². The minimum absolute atomic E-state index is 0.232. The van der Waals surface area contributed by atoms with Gasteiger partial charge in [0.25, 0.3) is 5.91 Å². The van der Waals surface area contributed by atoms with Gasteiger partial charge < -0.3 is 15.4 Å². The Balaban J connectivity index is 1.74. The second-order valence-electron chi connectivity index (χ2n) is 6.31. The average Bonchev–Trinajstić information content (AvgIpc) is 3.00. The first-order valence-corrected chi connectivity index (χ1v) is 8.77. The van der Waals surface area contributed by atoms with Crippen molar-refractivity contribution in [3.63, 3.8) is 0 Å². The Morgan fingerprint density at radius 2 is 2.12 bits per heavy atom. The van der Waals surface area contributed by atoms with Crippen LogP contribution < -0.4 is 15.4 Å². The Bertz CT molecular complexity index is 750. The Hall–Kier alpha value is -2.41. The van der Waals surface area contributed by atoms with E-state index in [0.29, 0.717) is 18.3 Å². The van der Waals surface area contributed by atoms with Crippen molar-refractivity contribution in [2.75, 3.05) is 25.0 Å². The molecule has 1 aliphatic heterocycles. The van der Waals surface area contributed by atoms with E-state index in [1.807, 2.05) is 43.7 Å². The van der Waals surface area contributed by atoms with E-state index in [1.165, 1.54) is 0 Å². The molecule has 7 heteroatoms. The molecule has 0 bridgehead atoms. The molecule has 25 heavy (non-hydrogen) atoms. The number of carbonyl (C=O) groups is 1. The molecule has 1 aromatic heterocycles. The molecule has 0 aliphatic carbocycles. The average molecular weight is 343 g/mol. The Labute approximate surface area is 147 Å². The van der Waals surface area contributed by atoms with Crippen molar-refractivity contribution in [1.82, 2.24) is 20.3 Å². The summed E-state index contributed by atoms with van der Waals surface area (Å²) in [5, 5.41) is 14.6. The van der Waals surface area contributed by atoms with E-state index in [-0.39, 0.29) is 5.91 Å². The summed E-state index contributed by atoms with van der Waals surface area (Å²) in [7, 11) is 0. The van der Waals surface area contributed by atoms with Gasteiger partial charge >= 0.3 is 0 Å². The number of aromatic nitrogens is 3. The van der Waals surface area contributed by atoms with Crippen LogP contribution in [0.25, 0.3) is 0 Å². The van der Waals surface area contributed by atoms with Gasteiger partial charge in [-0.2, -0.15) is 0 Å². The molecule has 1 aliphatic rings. The van der Waals surface area contributed by atoms with E-state index in [9.17, 15) is 4.79 Å². The van der Waals surface area contributed by atoms with Crippen LogP contribution in [0.15, 0.2) is 18.2 Å². The molecule has 0 spiro atoms. The normalized spacial score (nSPS) is 15.2. The van der Waals surface area contributed by atoms with Crippen molar-refractivity contribution in [2.45, 2.75) is 39.7 Å². The maximum atomic E-state index is 12.6. The lowest BCUT2D eigenvalue weighted by Gasteiger charge is -2.23. The second kappa shape index (κ2) is 7.65. The molecule has 134 valence electrons. The van der Waals surface area contributed by atoms with Crippen molar-refractivity contribution in [3.05, 3.63) is 35.2 Å². The summed E-state index contributed by atoms with van der Waals surface area (Å²) < 4.78 is 7.37. The van der Waals surface area contributed by atoms with Crippen molar-refractivity contribution >= 4 is 11.6 Å². The molecule has 0 atom stereocenters. The number of carbonyl (C=O) groups excluding carboxylic acids is 1. The number of amides is 1. The summed E-state index contributed by atoms with van der Waals surface area (Å²) in [5.41, 5.74) is 2.90. The highest BCUT2D eigenvalue weighted by atomic mass is 16.5. The summed E-state index contributed by atoms with van der Waals surface area (Å²) >= 11 is 0. The number of anilines is 1. The zero-order valence-corrected chi connectivity index (χ0v) is 15.0. The van der Waals surface area contributed by atoms with E-state index in [0.717, 1.165) is 48.6 Å². The lowest BCUT2D eigenvalue weighted by molar-refractivity contribution is 0.102. The highest BCUT2D eigenvalue weighted by Crippen LogP contribution is 2.23. The summed E-state index contributed by atoms with van der Waals surface area (Å²) in [6.07, 6.45) is 2.01. The Morgan fingerprint density at radius 3 is 2.80 bits per heavy atom. The molecule has 1 aromatic carbocycles. The van der Waals surface area contributed by atoms with Gasteiger partial charge in [-0.15, -0.1) is 5.10 Å². The number of nitrogens with zero attached hydrogens (tertiary/aromatic N) is 3. The molecule has 0 radical (unpaired) electrons. The largest absolute Gasteiger partial charge is 0.494 e. The van der Waals surface area contributed by atoms with Crippen LogP contribution in [-0.4, -0.2) is 40.6 Å². The predicted octanol–water partition coefficient (Wildman–Crippen LogP) is 2.47. The first kappa shape index (κ1) is 17.4. The first-order chi connectivity index (χ1) is 12.1. The molecule has 2 heterocycles. The van der Waals surface area contributed by atoms with Gasteiger partial charge in [-0.3, -0.25) is 4.79 Å². The van der Waals surface area contributed by atoms with Crippen LogP contribution in [0.5, 0.6) is 5.75 Å². The standard InChI is InChI=1S/C18H25N5O2/c1-4-25-15-5-6-16(12(2)11-15)20-18(24)17-13(3)23(22-21-17)14-7-9-19-10-8-14/h5-6,11,14,19H,4,7-10H2,1-3H3,(H,20,24). The number of ether oxygens (including phenoxy) is 1. The second-order valence-corrected chi connectivity index (χ2v) is 6.31. The lowest BCUT2D eigenvalue weighted by Crippen LogP contribution is -2.30. The van der Waals surface area contributed by atoms with Crippen LogP contribution in [0.1, 0.15) is 47.6 Å². The Kier molecular flexibility index (Phi) is 5.33. The Morgan fingerprint density at radius 1 is 1.36 bits per heavy atom. The van der Waals surface area contributed by atoms with E-state index in [1.54, 1.807) is 0 Å². The maximum Gasteiger partial charge on any atom is 0.278 e.